The van der Waals surface area contributed by atoms with Crippen LogP contribution in [0.5, 0.6) is 0 Å². The van der Waals surface area contributed by atoms with Gasteiger partial charge in [-0.2, -0.15) is 0 Å². The number of hydrogen-bond acceptors (Lipinski definition) is 4. The van der Waals surface area contributed by atoms with E-state index in [1.165, 1.54) is 25.8 Å². The van der Waals surface area contributed by atoms with E-state index in [2.05, 4.69) is 23.6 Å². The molecular weight excluding hydrogens is 288 g/mol. The number of hydrogen-bond donors (Lipinski definition) is 1. The molecule has 132 valence electrons. The van der Waals surface area contributed by atoms with E-state index in [4.69, 9.17) is 5.73 Å². The Balaban J connectivity index is 1.37. The first-order chi connectivity index (χ1) is 11.0. The van der Waals surface area contributed by atoms with Gasteiger partial charge >= 0.3 is 0 Å². The summed E-state index contributed by atoms with van der Waals surface area (Å²) < 4.78 is 0. The van der Waals surface area contributed by atoms with E-state index in [1.54, 1.807) is 0 Å². The number of carbonyl (C=O) groups is 1. The molecule has 0 bridgehead atoms. The van der Waals surface area contributed by atoms with Gasteiger partial charge in [-0.15, -0.1) is 0 Å². The number of nitrogens with two attached hydrogens (primary N) is 1. The molecule has 0 unspecified atom stereocenters. The van der Waals surface area contributed by atoms with Crippen molar-refractivity contribution in [3.63, 3.8) is 0 Å². The average Bonchev–Trinajstić information content (AvgIpc) is 2.83. The summed E-state index contributed by atoms with van der Waals surface area (Å²) in [6, 6.07) is 1.46. The monoisotopic (exact) mass is 322 g/mol. The number of likely N-dealkylation sites (tertiary alicyclic amines) is 1. The quantitative estimate of drug-likeness (QED) is 0.828. The minimum absolute atomic E-state index is 0.184. The van der Waals surface area contributed by atoms with Gasteiger partial charge in [0.2, 0.25) is 5.91 Å². The fourth-order valence-corrected chi connectivity index (χ4v) is 4.39. The van der Waals surface area contributed by atoms with Gasteiger partial charge in [-0.1, -0.05) is 0 Å². The maximum absolute atomic E-state index is 12.4. The van der Waals surface area contributed by atoms with Crippen LogP contribution in [0.1, 0.15) is 52.4 Å². The minimum Gasteiger partial charge on any atom is -0.340 e. The molecule has 2 N–H and O–H groups in total. The summed E-state index contributed by atoms with van der Waals surface area (Å²) in [5.41, 5.74) is 6.03. The summed E-state index contributed by atoms with van der Waals surface area (Å²) in [5.74, 6) is 0.272. The third-order valence-electron chi connectivity index (χ3n) is 6.39. The lowest BCUT2D eigenvalue weighted by Gasteiger charge is -2.41. The van der Waals surface area contributed by atoms with Crippen LogP contribution in [-0.2, 0) is 4.79 Å². The third kappa shape index (κ3) is 4.06. The van der Waals surface area contributed by atoms with Crippen molar-refractivity contribution in [2.75, 3.05) is 39.3 Å². The normalized spacial score (nSPS) is 32.0. The van der Waals surface area contributed by atoms with E-state index >= 15 is 0 Å². The maximum Gasteiger partial charge on any atom is 0.224 e. The summed E-state index contributed by atoms with van der Waals surface area (Å²) in [4.78, 5) is 19.6. The lowest BCUT2D eigenvalue weighted by molar-refractivity contribution is -0.135. The van der Waals surface area contributed by atoms with E-state index in [0.29, 0.717) is 6.42 Å². The Morgan fingerprint density at radius 1 is 1.04 bits per heavy atom. The van der Waals surface area contributed by atoms with Crippen LogP contribution >= 0.6 is 0 Å². The average molecular weight is 322 g/mol. The summed E-state index contributed by atoms with van der Waals surface area (Å²) in [5, 5.41) is 0. The van der Waals surface area contributed by atoms with Crippen LogP contribution in [0, 0.1) is 0 Å². The van der Waals surface area contributed by atoms with Crippen molar-refractivity contribution >= 4 is 5.91 Å². The van der Waals surface area contributed by atoms with Gasteiger partial charge in [-0.25, -0.2) is 0 Å². The van der Waals surface area contributed by atoms with Gasteiger partial charge < -0.3 is 10.6 Å². The first-order valence-electron chi connectivity index (χ1n) is 9.52. The molecule has 5 nitrogen and oxygen atoms in total. The molecule has 23 heavy (non-hydrogen) atoms. The highest BCUT2D eigenvalue weighted by Crippen LogP contribution is 2.32. The topological polar surface area (TPSA) is 52.8 Å². The van der Waals surface area contributed by atoms with Crippen LogP contribution in [-0.4, -0.2) is 77.5 Å². The van der Waals surface area contributed by atoms with Crippen molar-refractivity contribution in [3.8, 4) is 0 Å². The van der Waals surface area contributed by atoms with Crippen LogP contribution < -0.4 is 5.73 Å². The molecule has 1 aliphatic carbocycles. The highest BCUT2D eigenvalue weighted by atomic mass is 16.2. The molecule has 2 heterocycles. The van der Waals surface area contributed by atoms with Crippen LogP contribution in [0.25, 0.3) is 0 Å². The molecule has 0 aromatic carbocycles. The molecule has 2 aliphatic heterocycles. The number of amides is 1. The van der Waals surface area contributed by atoms with Crippen LogP contribution in [0.4, 0.5) is 0 Å². The van der Waals surface area contributed by atoms with Crippen molar-refractivity contribution in [2.45, 2.75) is 70.0 Å². The van der Waals surface area contributed by atoms with Crippen LogP contribution in [0.2, 0.25) is 0 Å². The zero-order valence-corrected chi connectivity index (χ0v) is 15.0. The first-order valence-corrected chi connectivity index (χ1v) is 9.52. The summed E-state index contributed by atoms with van der Waals surface area (Å²) in [6.45, 7) is 10.8. The largest absolute Gasteiger partial charge is 0.340 e. The molecule has 3 fully saturated rings. The maximum atomic E-state index is 12.4. The molecule has 0 aromatic heterocycles. The lowest BCUT2D eigenvalue weighted by Crippen LogP contribution is -2.54. The second-order valence-corrected chi connectivity index (χ2v) is 8.13. The highest BCUT2D eigenvalue weighted by Gasteiger charge is 2.36. The highest BCUT2D eigenvalue weighted by molar-refractivity contribution is 5.77. The van der Waals surface area contributed by atoms with E-state index in [1.807, 2.05) is 4.90 Å². The number of rotatable bonds is 5. The second kappa shape index (κ2) is 7.08. The number of carbonyl (C=O) groups excluding carboxylic acids is 1. The van der Waals surface area contributed by atoms with Crippen molar-refractivity contribution in [2.24, 2.45) is 5.73 Å². The van der Waals surface area contributed by atoms with Crippen LogP contribution in [0.15, 0.2) is 0 Å². The van der Waals surface area contributed by atoms with E-state index in [0.717, 1.165) is 57.6 Å². The molecule has 1 amide bonds. The summed E-state index contributed by atoms with van der Waals surface area (Å²) in [7, 11) is 0. The van der Waals surface area contributed by atoms with Crippen molar-refractivity contribution < 1.29 is 4.79 Å². The van der Waals surface area contributed by atoms with E-state index in [-0.39, 0.29) is 11.4 Å². The Morgan fingerprint density at radius 2 is 1.65 bits per heavy atom. The fraction of sp³-hybridized carbons (Fsp3) is 0.944. The fourth-order valence-electron chi connectivity index (χ4n) is 4.39. The molecule has 5 heteroatoms. The molecule has 1 saturated carbocycles. The smallest absolute Gasteiger partial charge is 0.224 e. The Kier molecular flexibility index (Phi) is 5.29. The third-order valence-corrected chi connectivity index (χ3v) is 6.39. The van der Waals surface area contributed by atoms with Crippen molar-refractivity contribution in [1.82, 2.24) is 14.7 Å². The van der Waals surface area contributed by atoms with Crippen molar-refractivity contribution in [1.29, 1.82) is 0 Å². The predicted molar refractivity (Wildman–Crippen MR) is 93.3 cm³/mol. The predicted octanol–water partition coefficient (Wildman–Crippen LogP) is 1.27. The first kappa shape index (κ1) is 17.2. The molecule has 2 saturated heterocycles. The Bertz CT molecular complexity index is 405. The van der Waals surface area contributed by atoms with E-state index in [9.17, 15) is 4.79 Å². The van der Waals surface area contributed by atoms with Crippen molar-refractivity contribution in [3.05, 3.63) is 0 Å². The van der Waals surface area contributed by atoms with Gasteiger partial charge in [-0.05, 0) is 46.0 Å². The number of piperazine rings is 1. The minimum atomic E-state index is -0.184. The van der Waals surface area contributed by atoms with E-state index < -0.39 is 0 Å². The number of nitrogens with zero attached hydrogens (tertiary/aromatic N) is 3. The zero-order chi connectivity index (χ0) is 16.4. The molecule has 3 aliphatic rings. The van der Waals surface area contributed by atoms with Gasteiger partial charge in [0.05, 0.1) is 0 Å². The van der Waals surface area contributed by atoms with Gasteiger partial charge in [0.15, 0.2) is 0 Å². The van der Waals surface area contributed by atoms with Gasteiger partial charge in [-0.3, -0.25) is 14.6 Å². The molecular formula is C18H34N4O. The van der Waals surface area contributed by atoms with Gasteiger partial charge in [0.25, 0.3) is 0 Å². The SMILES string of the molecule is C[C@H]1CC[C@H](C)N1CCN1CCN(C(=O)CC2(N)CCC2)CC1. The Hall–Kier alpha value is -0.650. The standard InChI is InChI=1S/C18H34N4O/c1-15-4-5-16(2)22(15)13-10-20-8-11-21(12-9-20)17(23)14-18(19)6-3-7-18/h15-16H,3-14,19H2,1-2H3/t15-,16-/m0/s1. The molecule has 0 spiro atoms. The summed E-state index contributed by atoms with van der Waals surface area (Å²) >= 11 is 0. The van der Waals surface area contributed by atoms with Gasteiger partial charge in [0.1, 0.15) is 0 Å². The molecule has 2 atom stereocenters. The summed E-state index contributed by atoms with van der Waals surface area (Å²) in [6.07, 6.45) is 6.45. The Labute approximate surface area is 141 Å². The van der Waals surface area contributed by atoms with Crippen LogP contribution in [0.3, 0.4) is 0 Å². The lowest BCUT2D eigenvalue weighted by atomic mass is 9.75. The second-order valence-electron chi connectivity index (χ2n) is 8.13. The molecule has 0 aromatic rings. The zero-order valence-electron chi connectivity index (χ0n) is 15.0. The van der Waals surface area contributed by atoms with Gasteiger partial charge in [0, 0.05) is 63.3 Å². The molecule has 0 radical (unpaired) electrons. The Morgan fingerprint density at radius 3 is 2.17 bits per heavy atom. The molecule has 3 rings (SSSR count).